The van der Waals surface area contributed by atoms with Crippen LogP contribution in [0.2, 0.25) is 0 Å². The molecule has 0 aliphatic rings. The number of rotatable bonds is 4. The second-order valence-corrected chi connectivity index (χ2v) is 6.73. The van der Waals surface area contributed by atoms with Crippen molar-refractivity contribution in [2.45, 2.75) is 13.5 Å². The van der Waals surface area contributed by atoms with E-state index in [1.807, 2.05) is 17.5 Å². The molecule has 11 heteroatoms. The summed E-state index contributed by atoms with van der Waals surface area (Å²) in [6, 6.07) is 3.90. The Morgan fingerprint density at radius 3 is 2.91 bits per heavy atom. The Balaban J connectivity index is 1.68. The van der Waals surface area contributed by atoms with Gasteiger partial charge in [0.25, 0.3) is 0 Å². The van der Waals surface area contributed by atoms with Gasteiger partial charge in [0.15, 0.2) is 5.82 Å². The van der Waals surface area contributed by atoms with Crippen molar-refractivity contribution in [1.29, 1.82) is 0 Å². The molecule has 0 aromatic carbocycles. The third-order valence-electron chi connectivity index (χ3n) is 3.19. The van der Waals surface area contributed by atoms with E-state index in [1.54, 1.807) is 22.8 Å². The molecule has 0 bridgehead atoms. The fourth-order valence-electron chi connectivity index (χ4n) is 2.19. The maximum absolute atomic E-state index is 10.9. The van der Waals surface area contributed by atoms with Crippen LogP contribution in [-0.2, 0) is 6.54 Å². The first kappa shape index (κ1) is 14.0. The van der Waals surface area contributed by atoms with E-state index in [9.17, 15) is 10.1 Å². The summed E-state index contributed by atoms with van der Waals surface area (Å²) in [4.78, 5) is 12.1. The highest BCUT2D eigenvalue weighted by Gasteiger charge is 2.18. The molecule has 0 aliphatic heterocycles. The van der Waals surface area contributed by atoms with Crippen LogP contribution in [0.3, 0.4) is 0 Å². The van der Waals surface area contributed by atoms with Crippen molar-refractivity contribution in [2.24, 2.45) is 0 Å². The molecule has 0 saturated heterocycles. The van der Waals surface area contributed by atoms with E-state index in [0.717, 1.165) is 9.88 Å². The number of fused-ring (bicyclic) bond motifs is 1. The van der Waals surface area contributed by atoms with Crippen molar-refractivity contribution in [3.63, 3.8) is 0 Å². The van der Waals surface area contributed by atoms with E-state index >= 15 is 0 Å². The molecular formula is C12H9N7O2S2. The Hall–Kier alpha value is -2.66. The molecule has 4 heterocycles. The van der Waals surface area contributed by atoms with Crippen molar-refractivity contribution >= 4 is 33.3 Å². The third-order valence-corrected chi connectivity index (χ3v) is 4.94. The highest BCUT2D eigenvalue weighted by atomic mass is 32.1. The number of thiophene rings is 1. The highest BCUT2D eigenvalue weighted by Crippen LogP contribution is 2.25. The molecule has 0 amide bonds. The largest absolute Gasteiger partial charge is 0.309 e. The van der Waals surface area contributed by atoms with Gasteiger partial charge in [0.1, 0.15) is 16.9 Å². The normalized spacial score (nSPS) is 11.3. The van der Waals surface area contributed by atoms with Crippen molar-refractivity contribution in [3.05, 3.63) is 44.5 Å². The fraction of sp³-hybridized carbons (Fsp3) is 0.167. The minimum atomic E-state index is -0.438. The van der Waals surface area contributed by atoms with E-state index < -0.39 is 4.92 Å². The summed E-state index contributed by atoms with van der Waals surface area (Å²) in [7, 11) is 0. The fourth-order valence-corrected chi connectivity index (χ4v) is 3.71. The van der Waals surface area contributed by atoms with Gasteiger partial charge in [-0.05, 0) is 18.4 Å². The summed E-state index contributed by atoms with van der Waals surface area (Å²) >= 11 is 2.95. The zero-order valence-corrected chi connectivity index (χ0v) is 13.4. The van der Waals surface area contributed by atoms with Crippen molar-refractivity contribution in [3.8, 4) is 10.7 Å². The summed E-state index contributed by atoms with van der Waals surface area (Å²) in [6.45, 7) is 1.97. The molecule has 0 radical (unpaired) electrons. The number of hydrogen-bond donors (Lipinski definition) is 0. The smallest absolute Gasteiger partial charge is 0.258 e. The van der Waals surface area contributed by atoms with Crippen molar-refractivity contribution < 1.29 is 4.92 Å². The summed E-state index contributed by atoms with van der Waals surface area (Å²) in [5.41, 5.74) is 0.393. The third kappa shape index (κ3) is 2.39. The van der Waals surface area contributed by atoms with E-state index in [2.05, 4.69) is 20.4 Å². The highest BCUT2D eigenvalue weighted by molar-refractivity contribution is 7.16. The van der Waals surface area contributed by atoms with E-state index in [1.165, 1.54) is 22.2 Å². The molecule has 0 N–H and O–H groups in total. The quantitative estimate of drug-likeness (QED) is 0.415. The lowest BCUT2D eigenvalue weighted by Crippen LogP contribution is -2.01. The van der Waals surface area contributed by atoms with Crippen molar-refractivity contribution in [2.75, 3.05) is 0 Å². The Labute approximate surface area is 137 Å². The molecule has 0 aliphatic carbocycles. The molecule has 4 aromatic heterocycles. The van der Waals surface area contributed by atoms with Crippen LogP contribution < -0.4 is 0 Å². The monoisotopic (exact) mass is 347 g/mol. The maximum Gasteiger partial charge on any atom is 0.309 e. The Kier molecular flexibility index (Phi) is 3.16. The second kappa shape index (κ2) is 5.21. The molecular weight excluding hydrogens is 338 g/mol. The standard InChI is InChI=1S/C12H9N7O2S2/c1-7-8(19(20)21)5-17(15-7)6-10-16-18-11(9-3-2-4-22-9)13-14-12(18)23-10/h2-5H,6H2,1H3. The van der Waals surface area contributed by atoms with Gasteiger partial charge in [-0.15, -0.1) is 21.5 Å². The number of aryl methyl sites for hydroxylation is 1. The molecule has 4 rings (SSSR count). The molecule has 116 valence electrons. The van der Waals surface area contributed by atoms with Gasteiger partial charge in [0.2, 0.25) is 4.96 Å². The average Bonchev–Trinajstić information content (AvgIpc) is 3.22. The number of hydrogen-bond acceptors (Lipinski definition) is 8. The van der Waals surface area contributed by atoms with Gasteiger partial charge in [-0.2, -0.15) is 14.7 Å². The molecule has 4 aromatic rings. The van der Waals surface area contributed by atoms with Gasteiger partial charge in [0, 0.05) is 0 Å². The minimum absolute atomic E-state index is 0.00674. The van der Waals surface area contributed by atoms with Crippen LogP contribution in [-0.4, -0.2) is 34.5 Å². The van der Waals surface area contributed by atoms with Crippen LogP contribution in [0, 0.1) is 17.0 Å². The predicted octanol–water partition coefficient (Wildman–Crippen LogP) is 2.38. The van der Waals surface area contributed by atoms with Crippen LogP contribution in [0.5, 0.6) is 0 Å². The molecule has 9 nitrogen and oxygen atoms in total. The minimum Gasteiger partial charge on any atom is -0.258 e. The van der Waals surface area contributed by atoms with Crippen LogP contribution in [0.4, 0.5) is 5.69 Å². The predicted molar refractivity (Wildman–Crippen MR) is 84.7 cm³/mol. The Bertz CT molecular complexity index is 998. The lowest BCUT2D eigenvalue weighted by Gasteiger charge is -1.95. The molecule has 0 spiro atoms. The van der Waals surface area contributed by atoms with Crippen LogP contribution in [0.15, 0.2) is 23.7 Å². The van der Waals surface area contributed by atoms with Gasteiger partial charge in [-0.3, -0.25) is 14.8 Å². The van der Waals surface area contributed by atoms with Gasteiger partial charge in [-0.1, -0.05) is 17.4 Å². The van der Waals surface area contributed by atoms with Gasteiger partial charge in [0.05, 0.1) is 16.3 Å². The number of nitro groups is 1. The summed E-state index contributed by atoms with van der Waals surface area (Å²) in [6.07, 6.45) is 1.41. The molecule has 0 unspecified atom stereocenters. The maximum atomic E-state index is 10.9. The zero-order chi connectivity index (χ0) is 16.0. The summed E-state index contributed by atoms with van der Waals surface area (Å²) in [5.74, 6) is 0.695. The van der Waals surface area contributed by atoms with Crippen LogP contribution in [0.1, 0.15) is 10.7 Å². The Morgan fingerprint density at radius 1 is 1.35 bits per heavy atom. The van der Waals surface area contributed by atoms with E-state index in [4.69, 9.17) is 0 Å². The molecule has 0 atom stereocenters. The lowest BCUT2D eigenvalue weighted by atomic mass is 10.4. The molecule has 0 saturated carbocycles. The lowest BCUT2D eigenvalue weighted by molar-refractivity contribution is -0.385. The van der Waals surface area contributed by atoms with Crippen LogP contribution >= 0.6 is 22.7 Å². The number of nitrogens with zero attached hydrogens (tertiary/aromatic N) is 7. The van der Waals surface area contributed by atoms with E-state index in [-0.39, 0.29) is 5.69 Å². The summed E-state index contributed by atoms with van der Waals surface area (Å²) < 4.78 is 3.21. The van der Waals surface area contributed by atoms with Gasteiger partial charge in [-0.25, -0.2) is 0 Å². The van der Waals surface area contributed by atoms with Crippen LogP contribution in [0.25, 0.3) is 15.7 Å². The topological polar surface area (TPSA) is 104 Å². The SMILES string of the molecule is Cc1nn(Cc2nn3c(-c4cccs4)nnc3s2)cc1[N+](=O)[O-]. The Morgan fingerprint density at radius 2 is 2.22 bits per heavy atom. The first-order chi connectivity index (χ1) is 11.1. The van der Waals surface area contributed by atoms with Gasteiger partial charge < -0.3 is 0 Å². The second-order valence-electron chi connectivity index (χ2n) is 4.75. The first-order valence-electron chi connectivity index (χ1n) is 6.55. The summed E-state index contributed by atoms with van der Waals surface area (Å²) in [5, 5.41) is 30.5. The van der Waals surface area contributed by atoms with Gasteiger partial charge >= 0.3 is 5.69 Å². The zero-order valence-electron chi connectivity index (χ0n) is 11.8. The molecule has 23 heavy (non-hydrogen) atoms. The average molecular weight is 347 g/mol. The number of aromatic nitrogens is 6. The van der Waals surface area contributed by atoms with E-state index in [0.29, 0.717) is 23.0 Å². The molecule has 0 fully saturated rings. The first-order valence-corrected chi connectivity index (χ1v) is 8.25. The van der Waals surface area contributed by atoms with Crippen molar-refractivity contribution in [1.82, 2.24) is 29.6 Å².